The van der Waals surface area contributed by atoms with Crippen molar-refractivity contribution >= 4 is 28.4 Å². The number of esters is 1. The number of ether oxygens (including phenoxy) is 1. The molecule has 1 N–H and O–H groups in total. The summed E-state index contributed by atoms with van der Waals surface area (Å²) >= 11 is -1.21. The van der Waals surface area contributed by atoms with Crippen LogP contribution in [0, 0.1) is 5.82 Å². The average Bonchev–Trinajstić information content (AvgIpc) is 3.06. The van der Waals surface area contributed by atoms with Gasteiger partial charge >= 0.3 is 5.97 Å². The molecule has 3 aromatic rings. The Labute approximate surface area is 150 Å². The Bertz CT molecular complexity index is 951. The monoisotopic (exact) mass is 376 g/mol. The van der Waals surface area contributed by atoms with E-state index in [1.807, 2.05) is 35.7 Å². The molecule has 0 aliphatic rings. The van der Waals surface area contributed by atoms with Gasteiger partial charge in [-0.3, -0.25) is 0 Å². The number of halogens is 1. The molecule has 0 saturated carbocycles. The van der Waals surface area contributed by atoms with Gasteiger partial charge in [-0.2, -0.15) is 0 Å². The zero-order valence-electron chi connectivity index (χ0n) is 13.1. The summed E-state index contributed by atoms with van der Waals surface area (Å²) in [5.74, 6) is -1.32. The maximum atomic E-state index is 14.2. The highest BCUT2D eigenvalue weighted by Crippen LogP contribution is 2.40. The van der Waals surface area contributed by atoms with E-state index in [1.165, 1.54) is 30.6 Å². The summed E-state index contributed by atoms with van der Waals surface area (Å²) in [6, 6.07) is 13.3. The van der Waals surface area contributed by atoms with Crippen LogP contribution in [0.2, 0.25) is 0 Å². The normalized spacial score (nSPS) is 12.0. The third kappa shape index (κ3) is 3.39. The highest BCUT2D eigenvalue weighted by atomic mass is 32.2. The lowest BCUT2D eigenvalue weighted by Gasteiger charge is -2.09. The van der Waals surface area contributed by atoms with Gasteiger partial charge in [0.25, 0.3) is 0 Å². The van der Waals surface area contributed by atoms with Gasteiger partial charge in [-0.1, -0.05) is 36.4 Å². The van der Waals surface area contributed by atoms with Crippen molar-refractivity contribution < 1.29 is 22.7 Å². The zero-order valence-corrected chi connectivity index (χ0v) is 14.7. The van der Waals surface area contributed by atoms with E-state index in [0.29, 0.717) is 16.0 Å². The fourth-order valence-corrected chi connectivity index (χ4v) is 3.94. The van der Waals surface area contributed by atoms with Crippen LogP contribution in [0.5, 0.6) is 0 Å². The second-order valence-corrected chi connectivity index (χ2v) is 6.92. The van der Waals surface area contributed by atoms with Crippen LogP contribution in [0.4, 0.5) is 4.39 Å². The molecule has 2 aromatic carbocycles. The predicted molar refractivity (Wildman–Crippen MR) is 95.5 cm³/mol. The number of thiophene rings is 1. The summed E-state index contributed by atoms with van der Waals surface area (Å²) in [5, 5.41) is 1.81. The number of benzene rings is 2. The Hall–Kier alpha value is -2.35. The molecule has 0 radical (unpaired) electrons. The second-order valence-electron chi connectivity index (χ2n) is 5.11. The molecule has 0 saturated heterocycles. The Morgan fingerprint density at radius 2 is 1.88 bits per heavy atom. The van der Waals surface area contributed by atoms with Crippen molar-refractivity contribution in [1.82, 2.24) is 0 Å². The summed E-state index contributed by atoms with van der Waals surface area (Å²) in [6.07, 6.45) is 0. The Morgan fingerprint density at radius 3 is 2.48 bits per heavy atom. The first kappa shape index (κ1) is 17.5. The SMILES string of the molecule is COC(=O)c1scc(-c2ccccc2)c1-c1ccc(S(=O)O)c(F)c1. The molecule has 0 spiro atoms. The highest BCUT2D eigenvalue weighted by Gasteiger charge is 2.22. The van der Waals surface area contributed by atoms with Crippen molar-refractivity contribution in [3.8, 4) is 22.3 Å². The molecule has 1 heterocycles. The lowest BCUT2D eigenvalue weighted by molar-refractivity contribution is 0.0607. The summed E-state index contributed by atoms with van der Waals surface area (Å²) in [4.78, 5) is 12.2. The van der Waals surface area contributed by atoms with Crippen molar-refractivity contribution in [1.29, 1.82) is 0 Å². The topological polar surface area (TPSA) is 63.6 Å². The lowest BCUT2D eigenvalue weighted by atomic mass is 9.97. The fourth-order valence-electron chi connectivity index (χ4n) is 2.52. The molecular formula is C18H13FO4S2. The maximum absolute atomic E-state index is 14.2. The highest BCUT2D eigenvalue weighted by molar-refractivity contribution is 7.79. The molecule has 3 rings (SSSR count). The summed E-state index contributed by atoms with van der Waals surface area (Å²) in [5.41, 5.74) is 2.62. The van der Waals surface area contributed by atoms with Gasteiger partial charge in [0, 0.05) is 16.5 Å². The molecule has 1 aromatic heterocycles. The Balaban J connectivity index is 2.23. The summed E-state index contributed by atoms with van der Waals surface area (Å²) in [6.45, 7) is 0. The molecule has 0 bridgehead atoms. The van der Waals surface area contributed by atoms with Crippen molar-refractivity contribution in [3.63, 3.8) is 0 Å². The van der Waals surface area contributed by atoms with Crippen molar-refractivity contribution in [3.05, 3.63) is 64.6 Å². The molecule has 1 unspecified atom stereocenters. The molecule has 0 aliphatic carbocycles. The van der Waals surface area contributed by atoms with E-state index < -0.39 is 22.9 Å². The molecule has 128 valence electrons. The molecule has 0 aliphatic heterocycles. The summed E-state index contributed by atoms with van der Waals surface area (Å²) < 4.78 is 39.2. The lowest BCUT2D eigenvalue weighted by Crippen LogP contribution is -2.01. The maximum Gasteiger partial charge on any atom is 0.348 e. The number of carbonyl (C=O) groups excluding carboxylic acids is 1. The molecule has 25 heavy (non-hydrogen) atoms. The minimum absolute atomic E-state index is 0.306. The van der Waals surface area contributed by atoms with Gasteiger partial charge < -0.3 is 9.29 Å². The van der Waals surface area contributed by atoms with E-state index in [-0.39, 0.29) is 4.90 Å². The number of carbonyl (C=O) groups is 1. The van der Waals surface area contributed by atoms with E-state index in [9.17, 15) is 13.4 Å². The first-order chi connectivity index (χ1) is 12.0. The predicted octanol–water partition coefficient (Wildman–Crippen LogP) is 4.59. The van der Waals surface area contributed by atoms with E-state index in [2.05, 4.69) is 0 Å². The molecular weight excluding hydrogens is 363 g/mol. The van der Waals surface area contributed by atoms with E-state index >= 15 is 0 Å². The minimum Gasteiger partial charge on any atom is -0.465 e. The van der Waals surface area contributed by atoms with Gasteiger partial charge in [0.2, 0.25) is 0 Å². The third-order valence-electron chi connectivity index (χ3n) is 3.66. The first-order valence-corrected chi connectivity index (χ1v) is 9.17. The Morgan fingerprint density at radius 1 is 1.16 bits per heavy atom. The van der Waals surface area contributed by atoms with Gasteiger partial charge in [-0.25, -0.2) is 13.4 Å². The van der Waals surface area contributed by atoms with Crippen molar-refractivity contribution in [2.75, 3.05) is 7.11 Å². The third-order valence-corrected chi connectivity index (χ3v) is 5.32. The molecule has 4 nitrogen and oxygen atoms in total. The zero-order chi connectivity index (χ0) is 18.0. The van der Waals surface area contributed by atoms with Crippen LogP contribution in [0.1, 0.15) is 9.67 Å². The quantitative estimate of drug-likeness (QED) is 0.534. The molecule has 0 fully saturated rings. The largest absolute Gasteiger partial charge is 0.465 e. The van der Waals surface area contributed by atoms with Gasteiger partial charge in [0.05, 0.1) is 7.11 Å². The minimum atomic E-state index is -2.42. The van der Waals surface area contributed by atoms with E-state index in [4.69, 9.17) is 9.29 Å². The standard InChI is InChI=1S/C18H13FO4S2/c1-23-18(20)17-16(12-7-8-15(25(21)22)14(19)9-12)13(10-24-17)11-5-3-2-4-6-11/h2-10H,1H3,(H,21,22). The van der Waals surface area contributed by atoms with E-state index in [0.717, 1.165) is 17.2 Å². The molecule has 1 atom stereocenters. The van der Waals surface area contributed by atoms with Crippen LogP contribution in [-0.2, 0) is 15.8 Å². The molecule has 7 heteroatoms. The number of hydrogen-bond donors (Lipinski definition) is 1. The van der Waals surface area contributed by atoms with Crippen LogP contribution < -0.4 is 0 Å². The fraction of sp³-hybridized carbons (Fsp3) is 0.0556. The molecule has 0 amide bonds. The van der Waals surface area contributed by atoms with Crippen LogP contribution in [0.3, 0.4) is 0 Å². The summed E-state index contributed by atoms with van der Waals surface area (Å²) in [7, 11) is 1.28. The van der Waals surface area contributed by atoms with Gasteiger partial charge in [-0.15, -0.1) is 11.3 Å². The number of methoxy groups -OCH3 is 1. The number of rotatable bonds is 4. The van der Waals surface area contributed by atoms with Gasteiger partial charge in [0.15, 0.2) is 11.1 Å². The first-order valence-electron chi connectivity index (χ1n) is 7.19. The average molecular weight is 376 g/mol. The van der Waals surface area contributed by atoms with Crippen molar-refractivity contribution in [2.45, 2.75) is 4.90 Å². The van der Waals surface area contributed by atoms with Crippen molar-refractivity contribution in [2.24, 2.45) is 0 Å². The second kappa shape index (κ2) is 7.26. The van der Waals surface area contributed by atoms with Crippen LogP contribution in [0.15, 0.2) is 58.8 Å². The smallest absolute Gasteiger partial charge is 0.348 e. The number of hydrogen-bond acceptors (Lipinski definition) is 4. The van der Waals surface area contributed by atoms with Crippen LogP contribution in [-0.4, -0.2) is 21.8 Å². The van der Waals surface area contributed by atoms with Gasteiger partial charge in [0.1, 0.15) is 15.6 Å². The van der Waals surface area contributed by atoms with Gasteiger partial charge in [-0.05, 0) is 23.3 Å². The van der Waals surface area contributed by atoms with Crippen LogP contribution >= 0.6 is 11.3 Å². The van der Waals surface area contributed by atoms with E-state index in [1.54, 1.807) is 0 Å². The Kier molecular flexibility index (Phi) is 5.08. The van der Waals surface area contributed by atoms with Crippen LogP contribution in [0.25, 0.3) is 22.3 Å².